The molecule has 3 heterocycles. The summed E-state index contributed by atoms with van der Waals surface area (Å²) >= 11 is 1.37. The fourth-order valence-electron chi connectivity index (χ4n) is 2.56. The maximum Gasteiger partial charge on any atom is 0.573 e. The highest BCUT2D eigenvalue weighted by atomic mass is 32.1. The highest BCUT2D eigenvalue weighted by Gasteiger charge is 2.34. The first-order chi connectivity index (χ1) is 11.8. The van der Waals surface area contributed by atoms with Gasteiger partial charge in [0.2, 0.25) is 0 Å². The van der Waals surface area contributed by atoms with Crippen LogP contribution in [0.3, 0.4) is 0 Å². The van der Waals surface area contributed by atoms with E-state index in [1.165, 1.54) is 17.5 Å². The Labute approximate surface area is 141 Å². The van der Waals surface area contributed by atoms with Gasteiger partial charge in [0.05, 0.1) is 16.9 Å². The number of thiazole rings is 1. The average Bonchev–Trinajstić information content (AvgIpc) is 3.13. The van der Waals surface area contributed by atoms with Gasteiger partial charge in [0.25, 0.3) is 0 Å². The van der Waals surface area contributed by atoms with Crippen molar-refractivity contribution in [3.8, 4) is 17.0 Å². The summed E-state index contributed by atoms with van der Waals surface area (Å²) in [5.41, 5.74) is 1.23. The SMILES string of the molecule is Cc1nc2ccc(-c3cc(F)c(OC(F)(F)F)c4[nH]ncc34)nc2s1. The third kappa shape index (κ3) is 2.78. The second kappa shape index (κ2) is 5.38. The Hall–Kier alpha value is -2.75. The van der Waals surface area contributed by atoms with Gasteiger partial charge in [0.1, 0.15) is 15.9 Å². The fraction of sp³-hybridized carbons (Fsp3) is 0.133. The molecule has 25 heavy (non-hydrogen) atoms. The molecule has 3 aromatic heterocycles. The summed E-state index contributed by atoms with van der Waals surface area (Å²) in [4.78, 5) is 9.37. The van der Waals surface area contributed by atoms with E-state index in [4.69, 9.17) is 0 Å². The van der Waals surface area contributed by atoms with Crippen molar-refractivity contribution in [3.05, 3.63) is 35.2 Å². The lowest BCUT2D eigenvalue weighted by atomic mass is 10.1. The molecule has 1 N–H and O–H groups in total. The minimum Gasteiger partial charge on any atom is -0.400 e. The van der Waals surface area contributed by atoms with Gasteiger partial charge in [0.15, 0.2) is 11.6 Å². The quantitative estimate of drug-likeness (QED) is 0.526. The van der Waals surface area contributed by atoms with Crippen LogP contribution in [-0.2, 0) is 0 Å². The molecule has 0 amide bonds. The second-order valence-electron chi connectivity index (χ2n) is 5.20. The van der Waals surface area contributed by atoms with Crippen molar-refractivity contribution in [2.45, 2.75) is 13.3 Å². The number of hydrogen-bond donors (Lipinski definition) is 1. The molecule has 0 aliphatic carbocycles. The Morgan fingerprint density at radius 1 is 1.20 bits per heavy atom. The van der Waals surface area contributed by atoms with Crippen LogP contribution >= 0.6 is 11.3 Å². The topological polar surface area (TPSA) is 63.7 Å². The number of pyridine rings is 1. The number of hydrogen-bond acceptors (Lipinski definition) is 5. The van der Waals surface area contributed by atoms with Gasteiger partial charge in [-0.1, -0.05) is 11.3 Å². The number of aryl methyl sites for hydroxylation is 1. The molecule has 10 heteroatoms. The molecule has 0 saturated heterocycles. The summed E-state index contributed by atoms with van der Waals surface area (Å²) in [7, 11) is 0. The molecule has 0 fully saturated rings. The molecule has 0 unspecified atom stereocenters. The molecule has 128 valence electrons. The van der Waals surface area contributed by atoms with Crippen LogP contribution in [-0.4, -0.2) is 26.5 Å². The lowest BCUT2D eigenvalue weighted by Crippen LogP contribution is -2.18. The van der Waals surface area contributed by atoms with E-state index in [1.807, 2.05) is 6.92 Å². The van der Waals surface area contributed by atoms with Crippen LogP contribution in [0.1, 0.15) is 5.01 Å². The number of rotatable bonds is 2. The second-order valence-corrected chi connectivity index (χ2v) is 6.38. The Balaban J connectivity index is 1.92. The molecule has 0 atom stereocenters. The molecular formula is C15H8F4N4OS. The largest absolute Gasteiger partial charge is 0.573 e. The summed E-state index contributed by atoms with van der Waals surface area (Å²) < 4.78 is 55.6. The molecule has 0 bridgehead atoms. The lowest BCUT2D eigenvalue weighted by molar-refractivity contribution is -0.275. The summed E-state index contributed by atoms with van der Waals surface area (Å²) in [5, 5.41) is 7.16. The zero-order valence-electron chi connectivity index (χ0n) is 12.5. The van der Waals surface area contributed by atoms with Crippen molar-refractivity contribution < 1.29 is 22.3 Å². The van der Waals surface area contributed by atoms with E-state index in [2.05, 4.69) is 24.9 Å². The van der Waals surface area contributed by atoms with Crippen molar-refractivity contribution in [1.82, 2.24) is 20.2 Å². The third-order valence-corrected chi connectivity index (χ3v) is 4.38. The van der Waals surface area contributed by atoms with Crippen LogP contribution in [0.25, 0.3) is 32.5 Å². The van der Waals surface area contributed by atoms with E-state index < -0.39 is 17.9 Å². The number of ether oxygens (including phenoxy) is 1. The highest BCUT2D eigenvalue weighted by molar-refractivity contribution is 7.18. The number of aromatic amines is 1. The molecule has 4 rings (SSSR count). The third-order valence-electron chi connectivity index (χ3n) is 3.50. The van der Waals surface area contributed by atoms with Crippen molar-refractivity contribution in [3.63, 3.8) is 0 Å². The predicted molar refractivity (Wildman–Crippen MR) is 83.9 cm³/mol. The molecule has 0 radical (unpaired) electrons. The fourth-order valence-corrected chi connectivity index (χ4v) is 3.34. The number of fused-ring (bicyclic) bond motifs is 2. The van der Waals surface area contributed by atoms with Gasteiger partial charge in [-0.2, -0.15) is 5.10 Å². The number of halogens is 4. The number of aromatic nitrogens is 4. The van der Waals surface area contributed by atoms with Crippen LogP contribution in [0, 0.1) is 12.7 Å². The van der Waals surface area contributed by atoms with Gasteiger partial charge in [0, 0.05) is 10.9 Å². The van der Waals surface area contributed by atoms with Crippen LogP contribution < -0.4 is 4.74 Å². The number of nitrogens with one attached hydrogen (secondary N) is 1. The lowest BCUT2D eigenvalue weighted by Gasteiger charge is -2.12. The van der Waals surface area contributed by atoms with Gasteiger partial charge in [-0.3, -0.25) is 5.10 Å². The van der Waals surface area contributed by atoms with Gasteiger partial charge in [-0.05, 0) is 25.1 Å². The molecule has 0 saturated carbocycles. The highest BCUT2D eigenvalue weighted by Crippen LogP contribution is 2.38. The smallest absolute Gasteiger partial charge is 0.400 e. The van der Waals surface area contributed by atoms with Crippen molar-refractivity contribution in [2.24, 2.45) is 0 Å². The van der Waals surface area contributed by atoms with Crippen LogP contribution in [0.5, 0.6) is 5.75 Å². The normalized spacial score (nSPS) is 12.2. The van der Waals surface area contributed by atoms with Gasteiger partial charge in [-0.25, -0.2) is 14.4 Å². The minimum atomic E-state index is -5.02. The molecule has 0 aliphatic rings. The van der Waals surface area contributed by atoms with E-state index in [0.29, 0.717) is 21.6 Å². The molecule has 5 nitrogen and oxygen atoms in total. The summed E-state index contributed by atoms with van der Waals surface area (Å²) in [6.07, 6.45) is -3.71. The van der Waals surface area contributed by atoms with Crippen molar-refractivity contribution in [1.29, 1.82) is 0 Å². The Morgan fingerprint density at radius 3 is 2.76 bits per heavy atom. The summed E-state index contributed by atoms with van der Waals surface area (Å²) in [6, 6.07) is 4.32. The van der Waals surface area contributed by atoms with Gasteiger partial charge >= 0.3 is 6.36 Å². The average molecular weight is 368 g/mol. The van der Waals surface area contributed by atoms with Crippen LogP contribution in [0.2, 0.25) is 0 Å². The Bertz CT molecular complexity index is 1100. The minimum absolute atomic E-state index is 0.185. The first kappa shape index (κ1) is 15.8. The Morgan fingerprint density at radius 2 is 2.00 bits per heavy atom. The van der Waals surface area contributed by atoms with E-state index >= 15 is 0 Å². The van der Waals surface area contributed by atoms with Gasteiger partial charge in [-0.15, -0.1) is 13.2 Å². The number of nitrogens with zero attached hydrogens (tertiary/aromatic N) is 3. The van der Waals surface area contributed by atoms with E-state index in [-0.39, 0.29) is 10.9 Å². The summed E-state index contributed by atoms with van der Waals surface area (Å²) in [6.45, 7) is 1.84. The molecule has 4 aromatic rings. The molecule has 1 aromatic carbocycles. The monoisotopic (exact) mass is 368 g/mol. The van der Waals surface area contributed by atoms with E-state index in [9.17, 15) is 17.6 Å². The predicted octanol–water partition coefficient (Wildman–Crippen LogP) is 4.58. The van der Waals surface area contributed by atoms with Crippen LogP contribution in [0.4, 0.5) is 17.6 Å². The first-order valence-corrected chi connectivity index (χ1v) is 7.79. The Kier molecular flexibility index (Phi) is 3.39. The molecular weight excluding hydrogens is 360 g/mol. The first-order valence-electron chi connectivity index (χ1n) is 6.98. The van der Waals surface area contributed by atoms with Crippen molar-refractivity contribution >= 4 is 32.6 Å². The van der Waals surface area contributed by atoms with E-state index in [0.717, 1.165) is 11.1 Å². The van der Waals surface area contributed by atoms with E-state index in [1.54, 1.807) is 12.1 Å². The summed E-state index contributed by atoms with van der Waals surface area (Å²) in [5.74, 6) is -2.11. The van der Waals surface area contributed by atoms with Gasteiger partial charge < -0.3 is 4.74 Å². The molecule has 0 aliphatic heterocycles. The maximum absolute atomic E-state index is 14.3. The molecule has 0 spiro atoms. The standard InChI is InChI=1S/C15H8F4N4OS/c1-6-21-11-3-2-10(22-14(11)25-6)7-4-9(16)13(24-15(17,18)19)12-8(7)5-20-23-12/h2-5H,1H3,(H,20,23). The van der Waals surface area contributed by atoms with Crippen LogP contribution in [0.15, 0.2) is 24.4 Å². The number of benzene rings is 1. The zero-order valence-corrected chi connectivity index (χ0v) is 13.3. The number of alkyl halides is 3. The maximum atomic E-state index is 14.3. The van der Waals surface area contributed by atoms with Crippen molar-refractivity contribution in [2.75, 3.05) is 0 Å². The number of H-pyrrole nitrogens is 1. The zero-order chi connectivity index (χ0) is 17.8.